The fraction of sp³-hybridized carbons (Fsp3) is 0.500. The smallest absolute Gasteiger partial charge is 0.257 e. The molecule has 7 nitrogen and oxygen atoms in total. The van der Waals surface area contributed by atoms with Crippen molar-refractivity contribution in [2.24, 2.45) is 11.8 Å². The van der Waals surface area contributed by atoms with Crippen molar-refractivity contribution in [2.75, 3.05) is 37.7 Å². The van der Waals surface area contributed by atoms with E-state index in [0.29, 0.717) is 37.0 Å². The summed E-state index contributed by atoms with van der Waals surface area (Å²) >= 11 is 0. The first-order chi connectivity index (χ1) is 16.2. The van der Waals surface area contributed by atoms with Crippen LogP contribution in [0.25, 0.3) is 0 Å². The second-order valence-electron chi connectivity index (χ2n) is 9.37. The van der Waals surface area contributed by atoms with Gasteiger partial charge in [-0.25, -0.2) is 4.98 Å². The minimum absolute atomic E-state index is 0.0372. The SMILES string of the molecule is O=C(C[C@@H]1OC[C@H]2CN(c3ncccc3C(=O)N3CCCC3)CC[C@H]21)NCc1ccccc1. The van der Waals surface area contributed by atoms with E-state index in [9.17, 15) is 9.59 Å². The van der Waals surface area contributed by atoms with Gasteiger partial charge >= 0.3 is 0 Å². The molecule has 174 valence electrons. The lowest BCUT2D eigenvalue weighted by Crippen LogP contribution is -2.43. The highest BCUT2D eigenvalue weighted by Crippen LogP contribution is 2.37. The predicted octanol–water partition coefficient (Wildman–Crippen LogP) is 2.87. The van der Waals surface area contributed by atoms with Crippen molar-refractivity contribution in [1.82, 2.24) is 15.2 Å². The van der Waals surface area contributed by atoms with Gasteiger partial charge in [-0.05, 0) is 42.9 Å². The molecule has 1 aromatic carbocycles. The Bertz CT molecular complexity index is 977. The Labute approximate surface area is 195 Å². The van der Waals surface area contributed by atoms with Gasteiger partial charge in [-0.15, -0.1) is 0 Å². The van der Waals surface area contributed by atoms with Gasteiger partial charge in [0.05, 0.1) is 24.7 Å². The maximum absolute atomic E-state index is 13.1. The molecule has 4 heterocycles. The molecule has 3 fully saturated rings. The van der Waals surface area contributed by atoms with Crippen LogP contribution >= 0.6 is 0 Å². The zero-order chi connectivity index (χ0) is 22.6. The van der Waals surface area contributed by atoms with E-state index in [1.807, 2.05) is 47.4 Å². The Morgan fingerprint density at radius 2 is 1.88 bits per heavy atom. The number of hydrogen-bond donors (Lipinski definition) is 1. The molecule has 33 heavy (non-hydrogen) atoms. The summed E-state index contributed by atoms with van der Waals surface area (Å²) in [6.45, 7) is 4.50. The molecular formula is C26H32N4O3. The fourth-order valence-corrected chi connectivity index (χ4v) is 5.45. The van der Waals surface area contributed by atoms with E-state index in [1.54, 1.807) is 6.20 Å². The van der Waals surface area contributed by atoms with E-state index in [1.165, 1.54) is 0 Å². The molecular weight excluding hydrogens is 416 g/mol. The van der Waals surface area contributed by atoms with Crippen molar-refractivity contribution < 1.29 is 14.3 Å². The monoisotopic (exact) mass is 448 g/mol. The quantitative estimate of drug-likeness (QED) is 0.736. The van der Waals surface area contributed by atoms with Crippen molar-refractivity contribution >= 4 is 17.6 Å². The topological polar surface area (TPSA) is 74.8 Å². The molecule has 0 bridgehead atoms. The van der Waals surface area contributed by atoms with E-state index in [0.717, 1.165) is 56.8 Å². The van der Waals surface area contributed by atoms with Crippen molar-refractivity contribution in [3.63, 3.8) is 0 Å². The summed E-state index contributed by atoms with van der Waals surface area (Å²) in [5.74, 6) is 1.63. The lowest BCUT2D eigenvalue weighted by atomic mass is 9.83. The minimum Gasteiger partial charge on any atom is -0.377 e. The van der Waals surface area contributed by atoms with Crippen LogP contribution in [0.15, 0.2) is 48.7 Å². The summed E-state index contributed by atoms with van der Waals surface area (Å²) < 4.78 is 6.08. The van der Waals surface area contributed by atoms with Crippen LogP contribution in [0.4, 0.5) is 5.82 Å². The first-order valence-corrected chi connectivity index (χ1v) is 12.1. The van der Waals surface area contributed by atoms with E-state index in [-0.39, 0.29) is 17.9 Å². The number of carbonyl (C=O) groups is 2. The Hall–Kier alpha value is -2.93. The van der Waals surface area contributed by atoms with E-state index < -0.39 is 0 Å². The molecule has 0 saturated carbocycles. The number of amides is 2. The summed E-state index contributed by atoms with van der Waals surface area (Å²) in [5.41, 5.74) is 1.80. The van der Waals surface area contributed by atoms with Gasteiger partial charge in [-0.1, -0.05) is 30.3 Å². The summed E-state index contributed by atoms with van der Waals surface area (Å²) in [6, 6.07) is 13.7. The molecule has 3 aliphatic heterocycles. The molecule has 0 radical (unpaired) electrons. The third-order valence-corrected chi connectivity index (χ3v) is 7.22. The van der Waals surface area contributed by atoms with Crippen molar-refractivity contribution in [3.05, 3.63) is 59.8 Å². The highest BCUT2D eigenvalue weighted by molar-refractivity contribution is 5.99. The van der Waals surface area contributed by atoms with Gasteiger partial charge in [0.2, 0.25) is 5.91 Å². The molecule has 2 amide bonds. The van der Waals surface area contributed by atoms with Crippen LogP contribution in [0.1, 0.15) is 41.6 Å². The standard InChI is InChI=1S/C26H32N4O3/c31-24(28-16-19-7-2-1-3-8-19)15-23-21-10-14-30(17-20(21)18-33-23)25-22(9-6-11-27-25)26(32)29-12-4-5-13-29/h1-3,6-9,11,20-21,23H,4-5,10,12-18H2,(H,28,31)/t20-,21-,23+/m1/s1. The van der Waals surface area contributed by atoms with Crippen molar-refractivity contribution in [1.29, 1.82) is 0 Å². The summed E-state index contributed by atoms with van der Waals surface area (Å²) in [7, 11) is 0. The number of ether oxygens (including phenoxy) is 1. The van der Waals surface area contributed by atoms with E-state index in [2.05, 4.69) is 15.2 Å². The second kappa shape index (κ2) is 9.91. The lowest BCUT2D eigenvalue weighted by molar-refractivity contribution is -0.123. The number of benzene rings is 1. The lowest BCUT2D eigenvalue weighted by Gasteiger charge is -2.37. The van der Waals surface area contributed by atoms with Crippen molar-refractivity contribution in [3.8, 4) is 0 Å². The van der Waals surface area contributed by atoms with Crippen LogP contribution in [-0.4, -0.2) is 60.6 Å². The molecule has 2 aromatic rings. The predicted molar refractivity (Wildman–Crippen MR) is 126 cm³/mol. The third kappa shape index (κ3) is 4.88. The molecule has 3 atom stereocenters. The van der Waals surface area contributed by atoms with Crippen LogP contribution in [0, 0.1) is 11.8 Å². The maximum Gasteiger partial charge on any atom is 0.257 e. The highest BCUT2D eigenvalue weighted by atomic mass is 16.5. The van der Waals surface area contributed by atoms with Gasteiger partial charge in [0.15, 0.2) is 0 Å². The normalized spacial score (nSPS) is 24.5. The number of nitrogens with one attached hydrogen (secondary N) is 1. The summed E-state index contributed by atoms with van der Waals surface area (Å²) in [5, 5.41) is 3.02. The van der Waals surface area contributed by atoms with Gasteiger partial charge in [0.25, 0.3) is 5.91 Å². The van der Waals surface area contributed by atoms with Gasteiger partial charge in [-0.3, -0.25) is 9.59 Å². The van der Waals surface area contributed by atoms with E-state index >= 15 is 0 Å². The number of anilines is 1. The molecule has 1 aromatic heterocycles. The Morgan fingerprint density at radius 3 is 2.70 bits per heavy atom. The zero-order valence-corrected chi connectivity index (χ0v) is 19.0. The summed E-state index contributed by atoms with van der Waals surface area (Å²) in [6.07, 6.45) is 5.22. The number of piperidine rings is 1. The molecule has 0 spiro atoms. The van der Waals surface area contributed by atoms with Crippen LogP contribution in [-0.2, 0) is 16.1 Å². The maximum atomic E-state index is 13.1. The molecule has 0 unspecified atom stereocenters. The molecule has 3 aliphatic rings. The first kappa shape index (κ1) is 21.9. The molecule has 1 N–H and O–H groups in total. The largest absolute Gasteiger partial charge is 0.377 e. The minimum atomic E-state index is -0.0395. The average Bonchev–Trinajstić information content (AvgIpc) is 3.53. The number of hydrogen-bond acceptors (Lipinski definition) is 5. The number of fused-ring (bicyclic) bond motifs is 1. The number of carbonyl (C=O) groups excluding carboxylic acids is 2. The molecule has 0 aliphatic carbocycles. The third-order valence-electron chi connectivity index (χ3n) is 7.22. The van der Waals surface area contributed by atoms with Crippen LogP contribution in [0.5, 0.6) is 0 Å². The first-order valence-electron chi connectivity index (χ1n) is 12.1. The molecule has 3 saturated heterocycles. The number of pyridine rings is 1. The number of aromatic nitrogens is 1. The average molecular weight is 449 g/mol. The van der Waals surface area contributed by atoms with Gasteiger partial charge in [-0.2, -0.15) is 0 Å². The van der Waals surface area contributed by atoms with Gasteiger partial charge in [0, 0.05) is 44.8 Å². The Morgan fingerprint density at radius 1 is 1.06 bits per heavy atom. The van der Waals surface area contributed by atoms with Crippen molar-refractivity contribution in [2.45, 2.75) is 38.3 Å². The second-order valence-corrected chi connectivity index (χ2v) is 9.37. The number of likely N-dealkylation sites (tertiary alicyclic amines) is 1. The van der Waals surface area contributed by atoms with Crippen LogP contribution < -0.4 is 10.2 Å². The van der Waals surface area contributed by atoms with Crippen LogP contribution in [0.2, 0.25) is 0 Å². The number of nitrogens with zero attached hydrogens (tertiary/aromatic N) is 3. The van der Waals surface area contributed by atoms with Gasteiger partial charge < -0.3 is 19.9 Å². The fourth-order valence-electron chi connectivity index (χ4n) is 5.45. The van der Waals surface area contributed by atoms with Gasteiger partial charge in [0.1, 0.15) is 5.82 Å². The Kier molecular flexibility index (Phi) is 6.58. The molecule has 5 rings (SSSR count). The van der Waals surface area contributed by atoms with E-state index in [4.69, 9.17) is 4.74 Å². The number of rotatable bonds is 6. The Balaban J connectivity index is 1.18. The summed E-state index contributed by atoms with van der Waals surface area (Å²) in [4.78, 5) is 34.4. The zero-order valence-electron chi connectivity index (χ0n) is 19.0. The highest BCUT2D eigenvalue weighted by Gasteiger charge is 2.42. The molecule has 7 heteroatoms. The van der Waals surface area contributed by atoms with Crippen LogP contribution in [0.3, 0.4) is 0 Å².